The number of rotatable bonds is 5. The smallest absolute Gasteiger partial charge is 0.387 e. The Morgan fingerprint density at radius 2 is 2.04 bits per heavy atom. The second kappa shape index (κ2) is 6.72. The highest BCUT2D eigenvalue weighted by molar-refractivity contribution is 5.49. The molecule has 8 heteroatoms. The van der Waals surface area contributed by atoms with E-state index in [9.17, 15) is 18.3 Å². The van der Waals surface area contributed by atoms with Gasteiger partial charge >= 0.3 is 6.18 Å². The third-order valence-electron chi connectivity index (χ3n) is 3.85. The van der Waals surface area contributed by atoms with Crippen molar-refractivity contribution >= 4 is 11.5 Å². The van der Waals surface area contributed by atoms with Crippen LogP contribution in [0.2, 0.25) is 0 Å². The summed E-state index contributed by atoms with van der Waals surface area (Å²) in [6, 6.07) is 8.25. The molecule has 3 aromatic rings. The summed E-state index contributed by atoms with van der Waals surface area (Å²) >= 11 is 0. The quantitative estimate of drug-likeness (QED) is 0.740. The van der Waals surface area contributed by atoms with Crippen LogP contribution in [0.25, 0.3) is 5.65 Å². The summed E-state index contributed by atoms with van der Waals surface area (Å²) in [6.07, 6.45) is -3.19. The van der Waals surface area contributed by atoms with Crippen LogP contribution in [0.1, 0.15) is 29.8 Å². The number of fused-ring (bicyclic) bond motifs is 1. The van der Waals surface area contributed by atoms with Crippen molar-refractivity contribution in [3.8, 4) is 0 Å². The van der Waals surface area contributed by atoms with Gasteiger partial charge < -0.3 is 10.4 Å². The number of halogens is 3. The molecule has 0 bridgehead atoms. The first-order valence-electron chi connectivity index (χ1n) is 7.81. The van der Waals surface area contributed by atoms with E-state index < -0.39 is 17.8 Å². The lowest BCUT2D eigenvalue weighted by molar-refractivity contribution is -0.137. The number of alkyl halides is 3. The Morgan fingerprint density at radius 3 is 2.76 bits per heavy atom. The summed E-state index contributed by atoms with van der Waals surface area (Å²) < 4.78 is 39.9. The fourth-order valence-corrected chi connectivity index (χ4v) is 2.51. The van der Waals surface area contributed by atoms with Crippen LogP contribution in [0.5, 0.6) is 0 Å². The van der Waals surface area contributed by atoms with E-state index in [4.69, 9.17) is 0 Å². The van der Waals surface area contributed by atoms with Crippen LogP contribution < -0.4 is 5.32 Å². The second-order valence-electron chi connectivity index (χ2n) is 5.61. The van der Waals surface area contributed by atoms with Crippen LogP contribution in [-0.4, -0.2) is 26.2 Å². The topological polar surface area (TPSA) is 62.5 Å². The fraction of sp³-hybridized carbons (Fsp3) is 0.294. The van der Waals surface area contributed by atoms with Gasteiger partial charge in [0.25, 0.3) is 0 Å². The van der Waals surface area contributed by atoms with Gasteiger partial charge in [-0.1, -0.05) is 19.1 Å². The van der Waals surface area contributed by atoms with Crippen LogP contribution in [-0.2, 0) is 12.6 Å². The lowest BCUT2D eigenvalue weighted by Crippen LogP contribution is -2.16. The standard InChI is InChI=1S/C17H17F3N4O/c1-2-13-9-16(24-15(23-13)6-7-22-24)21-10-14(25)11-4-3-5-12(8-11)17(18,19)20/h3-9,14,21,25H,2,10H2,1H3/t14-/m0/s1. The van der Waals surface area contributed by atoms with Crippen LogP contribution >= 0.6 is 0 Å². The number of aromatic nitrogens is 3. The van der Waals surface area contributed by atoms with Crippen molar-refractivity contribution in [2.24, 2.45) is 0 Å². The largest absolute Gasteiger partial charge is 0.416 e. The van der Waals surface area contributed by atoms with Gasteiger partial charge in [0.15, 0.2) is 5.65 Å². The highest BCUT2D eigenvalue weighted by atomic mass is 19.4. The van der Waals surface area contributed by atoms with Crippen molar-refractivity contribution in [1.82, 2.24) is 14.6 Å². The summed E-state index contributed by atoms with van der Waals surface area (Å²) in [4.78, 5) is 4.41. The van der Waals surface area contributed by atoms with E-state index in [0.29, 0.717) is 11.5 Å². The van der Waals surface area contributed by atoms with Gasteiger partial charge in [-0.3, -0.25) is 0 Å². The van der Waals surface area contributed by atoms with Gasteiger partial charge in [-0.05, 0) is 24.1 Å². The van der Waals surface area contributed by atoms with Gasteiger partial charge in [0.1, 0.15) is 5.82 Å². The molecule has 0 aliphatic carbocycles. The van der Waals surface area contributed by atoms with Crippen LogP contribution in [0.4, 0.5) is 19.0 Å². The third kappa shape index (κ3) is 3.74. The highest BCUT2D eigenvalue weighted by Gasteiger charge is 2.30. The van der Waals surface area contributed by atoms with Gasteiger partial charge in [-0.15, -0.1) is 0 Å². The number of anilines is 1. The molecule has 0 aliphatic heterocycles. The molecule has 25 heavy (non-hydrogen) atoms. The Balaban J connectivity index is 1.79. The minimum absolute atomic E-state index is 0.0451. The molecule has 1 atom stereocenters. The molecule has 0 saturated heterocycles. The summed E-state index contributed by atoms with van der Waals surface area (Å²) in [6.45, 7) is 2.01. The van der Waals surface area contributed by atoms with E-state index >= 15 is 0 Å². The molecule has 0 fully saturated rings. The van der Waals surface area contributed by atoms with Crippen LogP contribution in [0.3, 0.4) is 0 Å². The van der Waals surface area contributed by atoms with E-state index in [2.05, 4.69) is 15.4 Å². The molecule has 1 aromatic carbocycles. The molecule has 0 unspecified atom stereocenters. The Hall–Kier alpha value is -2.61. The maximum atomic E-state index is 12.8. The van der Waals surface area contributed by atoms with E-state index in [0.717, 1.165) is 24.2 Å². The number of benzene rings is 1. The number of aryl methyl sites for hydroxylation is 1. The molecule has 0 spiro atoms. The summed E-state index contributed by atoms with van der Waals surface area (Å²) in [5.74, 6) is 0.623. The Morgan fingerprint density at radius 1 is 1.24 bits per heavy atom. The number of nitrogens with zero attached hydrogens (tertiary/aromatic N) is 3. The Bertz CT molecular complexity index is 876. The lowest BCUT2D eigenvalue weighted by Gasteiger charge is -2.16. The minimum atomic E-state index is -4.44. The number of aliphatic hydroxyl groups is 1. The van der Waals surface area contributed by atoms with Crippen molar-refractivity contribution in [1.29, 1.82) is 0 Å². The van der Waals surface area contributed by atoms with Gasteiger partial charge in [0.05, 0.1) is 17.9 Å². The molecule has 5 nitrogen and oxygen atoms in total. The SMILES string of the molecule is CCc1cc(NC[C@H](O)c2cccc(C(F)(F)F)c2)n2nccc2n1. The molecule has 0 aliphatic rings. The van der Waals surface area contributed by atoms with E-state index in [1.54, 1.807) is 22.8 Å². The van der Waals surface area contributed by atoms with Gasteiger partial charge in [0, 0.05) is 24.4 Å². The molecule has 0 saturated carbocycles. The Labute approximate surface area is 142 Å². The van der Waals surface area contributed by atoms with E-state index in [1.807, 2.05) is 6.92 Å². The summed E-state index contributed by atoms with van der Waals surface area (Å²) in [5.41, 5.74) is 0.930. The fourth-order valence-electron chi connectivity index (χ4n) is 2.51. The number of hydrogen-bond acceptors (Lipinski definition) is 4. The van der Waals surface area contributed by atoms with Gasteiger partial charge in [-0.25, -0.2) is 4.98 Å². The summed E-state index contributed by atoms with van der Waals surface area (Å²) in [5, 5.41) is 17.4. The molecule has 2 aromatic heterocycles. The lowest BCUT2D eigenvalue weighted by atomic mass is 10.1. The van der Waals surface area contributed by atoms with Crippen LogP contribution in [0.15, 0.2) is 42.6 Å². The first-order valence-corrected chi connectivity index (χ1v) is 7.81. The van der Waals surface area contributed by atoms with Gasteiger partial charge in [0.2, 0.25) is 0 Å². The highest BCUT2D eigenvalue weighted by Crippen LogP contribution is 2.30. The number of nitrogens with one attached hydrogen (secondary N) is 1. The van der Waals surface area contributed by atoms with Crippen molar-refractivity contribution in [2.75, 3.05) is 11.9 Å². The van der Waals surface area contributed by atoms with Crippen molar-refractivity contribution < 1.29 is 18.3 Å². The molecule has 132 valence electrons. The van der Waals surface area contributed by atoms with Crippen LogP contribution in [0, 0.1) is 0 Å². The number of aliphatic hydroxyl groups excluding tert-OH is 1. The molecule has 2 N–H and O–H groups in total. The second-order valence-corrected chi connectivity index (χ2v) is 5.61. The monoisotopic (exact) mass is 350 g/mol. The minimum Gasteiger partial charge on any atom is -0.387 e. The zero-order chi connectivity index (χ0) is 18.0. The predicted octanol–water partition coefficient (Wildman–Crippen LogP) is 3.46. The molecule has 2 heterocycles. The first-order chi connectivity index (χ1) is 11.9. The zero-order valence-electron chi connectivity index (χ0n) is 13.5. The van der Waals surface area contributed by atoms with Crippen molar-refractivity contribution in [2.45, 2.75) is 25.6 Å². The first kappa shape index (κ1) is 17.2. The average Bonchev–Trinajstić information content (AvgIpc) is 3.07. The maximum absolute atomic E-state index is 12.8. The summed E-state index contributed by atoms with van der Waals surface area (Å²) in [7, 11) is 0. The molecular formula is C17H17F3N4O. The van der Waals surface area contributed by atoms with Crippen molar-refractivity contribution in [3.05, 3.63) is 59.4 Å². The molecule has 0 amide bonds. The number of hydrogen-bond donors (Lipinski definition) is 2. The van der Waals surface area contributed by atoms with Gasteiger partial charge in [-0.2, -0.15) is 22.8 Å². The van der Waals surface area contributed by atoms with E-state index in [1.165, 1.54) is 12.1 Å². The Kier molecular flexibility index (Phi) is 4.63. The molecule has 0 radical (unpaired) electrons. The third-order valence-corrected chi connectivity index (χ3v) is 3.85. The van der Waals surface area contributed by atoms with Crippen molar-refractivity contribution in [3.63, 3.8) is 0 Å². The normalized spacial score (nSPS) is 13.2. The molecule has 3 rings (SSSR count). The predicted molar refractivity (Wildman–Crippen MR) is 87.3 cm³/mol. The zero-order valence-corrected chi connectivity index (χ0v) is 13.5. The molecular weight excluding hydrogens is 333 g/mol. The maximum Gasteiger partial charge on any atom is 0.416 e. The van der Waals surface area contributed by atoms with E-state index in [-0.39, 0.29) is 12.1 Å². The average molecular weight is 350 g/mol.